The van der Waals surface area contributed by atoms with E-state index in [9.17, 15) is 0 Å². The fourth-order valence-electron chi connectivity index (χ4n) is 2.11. The van der Waals surface area contributed by atoms with Crippen molar-refractivity contribution < 1.29 is 0 Å². The van der Waals surface area contributed by atoms with Crippen molar-refractivity contribution in [3.63, 3.8) is 0 Å². The van der Waals surface area contributed by atoms with Crippen LogP contribution in [0.15, 0.2) is 49.2 Å². The number of benzene rings is 1. The number of hydrogen-bond donors (Lipinski definition) is 1. The maximum absolute atomic E-state index is 4.39. The van der Waals surface area contributed by atoms with Gasteiger partial charge in [-0.25, -0.2) is 9.97 Å². The quantitative estimate of drug-likeness (QED) is 0.599. The van der Waals surface area contributed by atoms with E-state index in [0.717, 1.165) is 22.4 Å². The fourth-order valence-corrected chi connectivity index (χ4v) is 2.11. The van der Waals surface area contributed by atoms with Gasteiger partial charge in [-0.2, -0.15) is 5.10 Å². The van der Waals surface area contributed by atoms with Gasteiger partial charge in [-0.15, -0.1) is 0 Å². The highest BCUT2D eigenvalue weighted by Gasteiger charge is 2.06. The molecule has 95 valence electrons. The summed E-state index contributed by atoms with van der Waals surface area (Å²) in [5.74, 6) is 0.654. The smallest absolute Gasteiger partial charge is 0.174 e. The number of aromatic amines is 1. The summed E-state index contributed by atoms with van der Waals surface area (Å²) in [6.45, 7) is 0. The SMILES string of the molecule is [c]1ccc2c(c1)ncn2-c1ccc(-c2ncn[nH]2)nc1. The minimum absolute atomic E-state index is 0.654. The number of aromatic nitrogens is 6. The molecule has 1 aromatic carbocycles. The second kappa shape index (κ2) is 4.27. The molecule has 3 heterocycles. The third-order valence-electron chi connectivity index (χ3n) is 3.08. The molecule has 0 aliphatic heterocycles. The predicted octanol–water partition coefficient (Wildman–Crippen LogP) is 2.01. The maximum Gasteiger partial charge on any atom is 0.174 e. The first-order valence-corrected chi connectivity index (χ1v) is 6.07. The van der Waals surface area contributed by atoms with Crippen molar-refractivity contribution in [1.29, 1.82) is 0 Å². The zero-order valence-corrected chi connectivity index (χ0v) is 10.4. The van der Waals surface area contributed by atoms with Gasteiger partial charge in [0.25, 0.3) is 0 Å². The third-order valence-corrected chi connectivity index (χ3v) is 3.08. The molecule has 20 heavy (non-hydrogen) atoms. The Kier molecular flexibility index (Phi) is 2.32. The molecule has 0 bridgehead atoms. The Balaban J connectivity index is 1.79. The lowest BCUT2D eigenvalue weighted by Gasteiger charge is -2.04. The fraction of sp³-hybridized carbons (Fsp3) is 0. The molecule has 4 rings (SSSR count). The van der Waals surface area contributed by atoms with Crippen LogP contribution in [0.3, 0.4) is 0 Å². The monoisotopic (exact) mass is 261 g/mol. The van der Waals surface area contributed by atoms with E-state index < -0.39 is 0 Å². The van der Waals surface area contributed by atoms with Gasteiger partial charge in [-0.3, -0.25) is 14.6 Å². The molecule has 0 aliphatic rings. The van der Waals surface area contributed by atoms with Gasteiger partial charge < -0.3 is 0 Å². The molecular formula is C14H9N6. The van der Waals surface area contributed by atoms with Crippen molar-refractivity contribution >= 4 is 11.0 Å². The zero-order chi connectivity index (χ0) is 13.4. The van der Waals surface area contributed by atoms with E-state index in [1.54, 1.807) is 12.5 Å². The topological polar surface area (TPSA) is 72.3 Å². The van der Waals surface area contributed by atoms with Gasteiger partial charge >= 0.3 is 0 Å². The summed E-state index contributed by atoms with van der Waals surface area (Å²) < 4.78 is 1.99. The van der Waals surface area contributed by atoms with E-state index in [-0.39, 0.29) is 0 Å². The molecule has 1 N–H and O–H groups in total. The van der Waals surface area contributed by atoms with Crippen LogP contribution in [0.4, 0.5) is 0 Å². The average molecular weight is 261 g/mol. The summed E-state index contributed by atoms with van der Waals surface area (Å²) in [5, 5.41) is 6.61. The number of rotatable bonds is 2. The van der Waals surface area contributed by atoms with E-state index in [1.807, 2.05) is 34.9 Å². The lowest BCUT2D eigenvalue weighted by Crippen LogP contribution is -1.94. The number of fused-ring (bicyclic) bond motifs is 1. The largest absolute Gasteiger partial charge is 0.297 e. The Morgan fingerprint density at radius 3 is 2.90 bits per heavy atom. The number of nitrogens with one attached hydrogen (secondary N) is 1. The summed E-state index contributed by atoms with van der Waals surface area (Å²) in [4.78, 5) is 12.8. The van der Waals surface area contributed by atoms with Gasteiger partial charge in [0, 0.05) is 0 Å². The summed E-state index contributed by atoms with van der Waals surface area (Å²) in [6.07, 6.45) is 5.03. The number of imidazole rings is 1. The van der Waals surface area contributed by atoms with Crippen LogP contribution >= 0.6 is 0 Å². The average Bonchev–Trinajstić information content (AvgIpc) is 3.17. The lowest BCUT2D eigenvalue weighted by atomic mass is 10.3. The van der Waals surface area contributed by atoms with E-state index in [4.69, 9.17) is 0 Å². The van der Waals surface area contributed by atoms with Crippen LogP contribution in [0.1, 0.15) is 0 Å². The first-order chi connectivity index (χ1) is 9.92. The van der Waals surface area contributed by atoms with Crippen LogP contribution < -0.4 is 0 Å². The van der Waals surface area contributed by atoms with Crippen LogP contribution in [-0.2, 0) is 0 Å². The van der Waals surface area contributed by atoms with Gasteiger partial charge in [0.2, 0.25) is 0 Å². The molecule has 0 unspecified atom stereocenters. The van der Waals surface area contributed by atoms with Crippen molar-refractivity contribution in [2.45, 2.75) is 0 Å². The van der Waals surface area contributed by atoms with E-state index in [0.29, 0.717) is 5.82 Å². The molecule has 0 fully saturated rings. The Hall–Kier alpha value is -3.02. The number of H-pyrrole nitrogens is 1. The Labute approximate surface area is 114 Å². The molecule has 1 radical (unpaired) electrons. The van der Waals surface area contributed by atoms with Crippen molar-refractivity contribution in [2.75, 3.05) is 0 Å². The van der Waals surface area contributed by atoms with Crippen LogP contribution in [-0.4, -0.2) is 29.7 Å². The molecule has 0 saturated heterocycles. The predicted molar refractivity (Wildman–Crippen MR) is 73.1 cm³/mol. The van der Waals surface area contributed by atoms with Crippen LogP contribution in [0, 0.1) is 6.07 Å². The molecule has 6 heteroatoms. The standard InChI is InChI=1S/C14H9N6/c1-2-4-13-11(3-1)17-9-20(13)10-5-6-12(15-7-10)14-16-8-18-19-14/h2-9H,(H,16,18,19). The summed E-state index contributed by atoms with van der Waals surface area (Å²) in [7, 11) is 0. The second-order valence-electron chi connectivity index (χ2n) is 4.27. The van der Waals surface area contributed by atoms with Crippen LogP contribution in [0.5, 0.6) is 0 Å². The minimum atomic E-state index is 0.654. The highest BCUT2D eigenvalue weighted by molar-refractivity contribution is 5.77. The van der Waals surface area contributed by atoms with Crippen LogP contribution in [0.25, 0.3) is 28.2 Å². The minimum Gasteiger partial charge on any atom is -0.297 e. The van der Waals surface area contributed by atoms with Gasteiger partial charge in [-0.05, 0) is 30.3 Å². The molecule has 3 aromatic heterocycles. The van der Waals surface area contributed by atoms with Gasteiger partial charge in [0.1, 0.15) is 18.3 Å². The third kappa shape index (κ3) is 1.66. The van der Waals surface area contributed by atoms with E-state index in [2.05, 4.69) is 31.2 Å². The highest BCUT2D eigenvalue weighted by Crippen LogP contribution is 2.18. The summed E-state index contributed by atoms with van der Waals surface area (Å²) >= 11 is 0. The first kappa shape index (κ1) is 10.9. The Bertz CT molecular complexity index is 845. The van der Waals surface area contributed by atoms with E-state index >= 15 is 0 Å². The first-order valence-electron chi connectivity index (χ1n) is 6.07. The maximum atomic E-state index is 4.39. The van der Waals surface area contributed by atoms with Gasteiger partial charge in [0.15, 0.2) is 5.82 Å². The number of nitrogens with zero attached hydrogens (tertiary/aromatic N) is 5. The molecule has 0 aliphatic carbocycles. The zero-order valence-electron chi connectivity index (χ0n) is 10.4. The summed E-state index contributed by atoms with van der Waals surface area (Å²) in [5.41, 5.74) is 3.63. The highest BCUT2D eigenvalue weighted by atomic mass is 15.2. The number of pyridine rings is 1. The Morgan fingerprint density at radius 1 is 1.10 bits per heavy atom. The second-order valence-corrected chi connectivity index (χ2v) is 4.27. The Morgan fingerprint density at radius 2 is 2.10 bits per heavy atom. The van der Waals surface area contributed by atoms with E-state index in [1.165, 1.54) is 6.33 Å². The molecular weight excluding hydrogens is 252 g/mol. The molecule has 0 spiro atoms. The van der Waals surface area contributed by atoms with Crippen molar-refractivity contribution in [3.05, 3.63) is 55.2 Å². The molecule has 0 atom stereocenters. The summed E-state index contributed by atoms with van der Waals surface area (Å²) in [6, 6.07) is 12.6. The molecule has 4 aromatic rings. The van der Waals surface area contributed by atoms with Crippen molar-refractivity contribution in [2.24, 2.45) is 0 Å². The van der Waals surface area contributed by atoms with Gasteiger partial charge in [-0.1, -0.05) is 6.07 Å². The van der Waals surface area contributed by atoms with Crippen molar-refractivity contribution in [3.8, 4) is 17.2 Å². The lowest BCUT2D eigenvalue weighted by molar-refractivity contribution is 1.06. The van der Waals surface area contributed by atoms with Crippen molar-refractivity contribution in [1.82, 2.24) is 29.7 Å². The molecule has 6 nitrogen and oxygen atoms in total. The number of hydrogen-bond acceptors (Lipinski definition) is 4. The molecule has 0 amide bonds. The van der Waals surface area contributed by atoms with Crippen LogP contribution in [0.2, 0.25) is 0 Å². The normalized spacial score (nSPS) is 11.0. The molecule has 0 saturated carbocycles. The van der Waals surface area contributed by atoms with Gasteiger partial charge in [0.05, 0.1) is 22.9 Å².